The summed E-state index contributed by atoms with van der Waals surface area (Å²) in [5.74, 6) is 0.552. The molecule has 1 amide bonds. The van der Waals surface area contributed by atoms with E-state index < -0.39 is 0 Å². The third kappa shape index (κ3) is 1.92. The highest BCUT2D eigenvalue weighted by molar-refractivity contribution is 5.96. The van der Waals surface area contributed by atoms with Gasteiger partial charge in [-0.1, -0.05) is 0 Å². The molecule has 2 rings (SSSR count). The lowest BCUT2D eigenvalue weighted by Crippen LogP contribution is -2.27. The molecular weight excluding hydrogens is 194 g/mol. The molecule has 1 aromatic rings. The number of ether oxygens (including phenoxy) is 1. The Balaban J connectivity index is 2.25. The summed E-state index contributed by atoms with van der Waals surface area (Å²) in [7, 11) is 1.55. The summed E-state index contributed by atoms with van der Waals surface area (Å²) in [6.45, 7) is 0.562. The van der Waals surface area contributed by atoms with Gasteiger partial charge >= 0.3 is 0 Å². The number of methoxy groups -OCH3 is 1. The van der Waals surface area contributed by atoms with Gasteiger partial charge in [0.05, 0.1) is 12.8 Å². The monoisotopic (exact) mass is 207 g/mol. The van der Waals surface area contributed by atoms with Crippen LogP contribution in [-0.4, -0.2) is 30.6 Å². The predicted octanol–water partition coefficient (Wildman–Crippen LogP) is 0.154. The molecule has 15 heavy (non-hydrogen) atoms. The van der Waals surface area contributed by atoms with Crippen molar-refractivity contribution in [1.29, 1.82) is 0 Å². The van der Waals surface area contributed by atoms with E-state index in [1.165, 1.54) is 0 Å². The van der Waals surface area contributed by atoms with E-state index >= 15 is 0 Å². The Morgan fingerprint density at radius 1 is 1.67 bits per heavy atom. The van der Waals surface area contributed by atoms with Gasteiger partial charge < -0.3 is 15.4 Å². The van der Waals surface area contributed by atoms with E-state index in [4.69, 9.17) is 10.5 Å². The number of nitrogens with two attached hydrogens (primary N) is 1. The number of amides is 1. The lowest BCUT2D eigenvalue weighted by Gasteiger charge is -2.16. The van der Waals surface area contributed by atoms with Crippen LogP contribution in [0.4, 0.5) is 5.69 Å². The van der Waals surface area contributed by atoms with Gasteiger partial charge in [-0.25, -0.2) is 4.98 Å². The number of hydrogen-bond acceptors (Lipinski definition) is 4. The first-order valence-electron chi connectivity index (χ1n) is 4.76. The van der Waals surface area contributed by atoms with Gasteiger partial charge in [0.25, 0.3) is 0 Å². The van der Waals surface area contributed by atoms with Crippen molar-refractivity contribution in [3.63, 3.8) is 0 Å². The van der Waals surface area contributed by atoms with Crippen molar-refractivity contribution in [2.45, 2.75) is 12.5 Å². The Morgan fingerprint density at radius 3 is 3.07 bits per heavy atom. The van der Waals surface area contributed by atoms with Crippen LogP contribution >= 0.6 is 0 Å². The van der Waals surface area contributed by atoms with Gasteiger partial charge in [0, 0.05) is 31.3 Å². The summed E-state index contributed by atoms with van der Waals surface area (Å²) >= 11 is 0. The van der Waals surface area contributed by atoms with Gasteiger partial charge in [0.15, 0.2) is 0 Å². The van der Waals surface area contributed by atoms with E-state index in [1.807, 2.05) is 0 Å². The molecule has 1 fully saturated rings. The second-order valence-electron chi connectivity index (χ2n) is 3.52. The van der Waals surface area contributed by atoms with Crippen molar-refractivity contribution < 1.29 is 9.53 Å². The molecule has 0 radical (unpaired) electrons. The summed E-state index contributed by atoms with van der Waals surface area (Å²) in [4.78, 5) is 17.2. The molecule has 2 heterocycles. The molecule has 1 unspecified atom stereocenters. The van der Waals surface area contributed by atoms with Crippen molar-refractivity contribution in [1.82, 2.24) is 4.98 Å². The summed E-state index contributed by atoms with van der Waals surface area (Å²) in [6.07, 6.45) is 2.02. The molecule has 80 valence electrons. The van der Waals surface area contributed by atoms with Crippen LogP contribution in [0.5, 0.6) is 5.88 Å². The van der Waals surface area contributed by atoms with Crippen molar-refractivity contribution in [3.05, 3.63) is 18.3 Å². The largest absolute Gasteiger partial charge is 0.481 e. The van der Waals surface area contributed by atoms with Crippen LogP contribution in [0.25, 0.3) is 0 Å². The van der Waals surface area contributed by atoms with Crippen LogP contribution in [0.3, 0.4) is 0 Å². The molecule has 1 aliphatic rings. The molecule has 0 bridgehead atoms. The second-order valence-corrected chi connectivity index (χ2v) is 3.52. The molecule has 5 heteroatoms. The maximum absolute atomic E-state index is 11.6. The first-order chi connectivity index (χ1) is 7.20. The SMILES string of the molecule is COc1cc(N2CC(N)CC2=O)ccn1. The summed E-state index contributed by atoms with van der Waals surface area (Å²) < 4.78 is 5.00. The minimum absolute atomic E-state index is 0.0516. The summed E-state index contributed by atoms with van der Waals surface area (Å²) in [5, 5.41) is 0. The van der Waals surface area contributed by atoms with Crippen LogP contribution < -0.4 is 15.4 Å². The number of aromatic nitrogens is 1. The van der Waals surface area contributed by atoms with E-state index in [9.17, 15) is 4.79 Å². The van der Waals surface area contributed by atoms with Gasteiger partial charge in [0.1, 0.15) is 0 Å². The average molecular weight is 207 g/mol. The molecule has 1 aromatic heterocycles. The van der Waals surface area contributed by atoms with Gasteiger partial charge in [-0.15, -0.1) is 0 Å². The number of carbonyl (C=O) groups is 1. The van der Waals surface area contributed by atoms with Gasteiger partial charge in [-0.2, -0.15) is 0 Å². The number of carbonyl (C=O) groups excluding carboxylic acids is 1. The number of anilines is 1. The zero-order chi connectivity index (χ0) is 10.8. The van der Waals surface area contributed by atoms with Crippen LogP contribution in [0.2, 0.25) is 0 Å². The molecule has 0 saturated carbocycles. The number of nitrogens with zero attached hydrogens (tertiary/aromatic N) is 2. The maximum atomic E-state index is 11.6. The Labute approximate surface area is 87.8 Å². The second kappa shape index (κ2) is 3.86. The maximum Gasteiger partial charge on any atom is 0.228 e. The lowest BCUT2D eigenvalue weighted by atomic mass is 10.3. The van der Waals surface area contributed by atoms with Crippen molar-refractivity contribution in [3.8, 4) is 5.88 Å². The van der Waals surface area contributed by atoms with Crippen LogP contribution in [-0.2, 0) is 4.79 Å². The van der Waals surface area contributed by atoms with Crippen molar-refractivity contribution in [2.24, 2.45) is 5.73 Å². The molecule has 1 aliphatic heterocycles. The highest BCUT2D eigenvalue weighted by Crippen LogP contribution is 2.23. The molecule has 1 saturated heterocycles. The number of pyridine rings is 1. The lowest BCUT2D eigenvalue weighted by molar-refractivity contribution is -0.117. The number of hydrogen-bond donors (Lipinski definition) is 1. The molecule has 5 nitrogen and oxygen atoms in total. The number of rotatable bonds is 2. The van der Waals surface area contributed by atoms with Gasteiger partial charge in [-0.3, -0.25) is 4.79 Å². The minimum Gasteiger partial charge on any atom is -0.481 e. The first kappa shape index (κ1) is 9.92. The Hall–Kier alpha value is -1.62. The van der Waals surface area contributed by atoms with E-state index in [-0.39, 0.29) is 11.9 Å². The highest BCUT2D eigenvalue weighted by atomic mass is 16.5. The standard InChI is InChI=1S/C10H13N3O2/c1-15-9-5-8(2-3-12-9)13-6-7(11)4-10(13)14/h2-3,5,7H,4,6,11H2,1H3. The predicted molar refractivity (Wildman–Crippen MR) is 55.7 cm³/mol. The smallest absolute Gasteiger partial charge is 0.228 e. The van der Waals surface area contributed by atoms with Crippen LogP contribution in [0.1, 0.15) is 6.42 Å². The quantitative estimate of drug-likeness (QED) is 0.749. The Kier molecular flexibility index (Phi) is 2.55. The highest BCUT2D eigenvalue weighted by Gasteiger charge is 2.28. The average Bonchev–Trinajstić information content (AvgIpc) is 2.58. The molecule has 2 N–H and O–H groups in total. The third-order valence-electron chi connectivity index (χ3n) is 2.39. The van der Waals surface area contributed by atoms with E-state index in [2.05, 4.69) is 4.98 Å². The summed E-state index contributed by atoms with van der Waals surface area (Å²) in [5.41, 5.74) is 6.51. The van der Waals surface area contributed by atoms with Crippen LogP contribution in [0, 0.1) is 0 Å². The molecule has 0 aromatic carbocycles. The van der Waals surface area contributed by atoms with E-state index in [1.54, 1.807) is 30.3 Å². The Morgan fingerprint density at radius 2 is 2.47 bits per heavy atom. The topological polar surface area (TPSA) is 68.5 Å². The normalized spacial score (nSPS) is 20.8. The zero-order valence-electron chi connectivity index (χ0n) is 8.51. The zero-order valence-corrected chi connectivity index (χ0v) is 8.51. The van der Waals surface area contributed by atoms with Gasteiger partial charge in [0.2, 0.25) is 11.8 Å². The van der Waals surface area contributed by atoms with E-state index in [0.29, 0.717) is 18.8 Å². The van der Waals surface area contributed by atoms with Crippen LogP contribution in [0.15, 0.2) is 18.3 Å². The van der Waals surface area contributed by atoms with Crippen molar-refractivity contribution in [2.75, 3.05) is 18.6 Å². The molecule has 0 aliphatic carbocycles. The fourth-order valence-electron chi connectivity index (χ4n) is 1.66. The summed E-state index contributed by atoms with van der Waals surface area (Å²) in [6, 6.07) is 3.44. The van der Waals surface area contributed by atoms with Crippen molar-refractivity contribution >= 4 is 11.6 Å². The molecular formula is C10H13N3O2. The van der Waals surface area contributed by atoms with Gasteiger partial charge in [-0.05, 0) is 6.07 Å². The fourth-order valence-corrected chi connectivity index (χ4v) is 1.66. The van der Waals surface area contributed by atoms with E-state index in [0.717, 1.165) is 5.69 Å². The first-order valence-corrected chi connectivity index (χ1v) is 4.76. The molecule has 0 spiro atoms. The third-order valence-corrected chi connectivity index (χ3v) is 2.39. The minimum atomic E-state index is -0.0725. The molecule has 1 atom stereocenters. The Bertz CT molecular complexity index is 381. The fraction of sp³-hybridized carbons (Fsp3) is 0.400.